The van der Waals surface area contributed by atoms with Crippen LogP contribution >= 0.6 is 22.7 Å². The summed E-state index contributed by atoms with van der Waals surface area (Å²) in [6.07, 6.45) is -0.290. The molecule has 3 amide bonds. The molecule has 1 atom stereocenters. The summed E-state index contributed by atoms with van der Waals surface area (Å²) in [5, 5.41) is 14.9. The zero-order valence-corrected chi connectivity index (χ0v) is 14.4. The lowest BCUT2D eigenvalue weighted by molar-refractivity contribution is -0.142. The third kappa shape index (κ3) is 3.72. The second-order valence-corrected chi connectivity index (χ2v) is 7.55. The maximum absolute atomic E-state index is 11.9. The van der Waals surface area contributed by atoms with Crippen LogP contribution in [0.3, 0.4) is 0 Å². The Hall–Kier alpha value is -2.03. The van der Waals surface area contributed by atoms with Crippen LogP contribution in [0.15, 0.2) is 29.6 Å². The molecule has 0 radical (unpaired) electrons. The summed E-state index contributed by atoms with van der Waals surface area (Å²) in [6, 6.07) is 7.45. The van der Waals surface area contributed by atoms with E-state index in [9.17, 15) is 19.5 Å². The number of nitrogens with one attached hydrogen (secondary N) is 1. The van der Waals surface area contributed by atoms with E-state index in [0.29, 0.717) is 6.54 Å². The van der Waals surface area contributed by atoms with Gasteiger partial charge in [0.2, 0.25) is 17.7 Å². The molecule has 0 bridgehead atoms. The van der Waals surface area contributed by atoms with Crippen molar-refractivity contribution in [3.8, 4) is 0 Å². The number of amides is 3. The van der Waals surface area contributed by atoms with Crippen molar-refractivity contribution in [2.75, 3.05) is 6.54 Å². The van der Waals surface area contributed by atoms with Gasteiger partial charge < -0.3 is 10.4 Å². The van der Waals surface area contributed by atoms with E-state index in [0.717, 1.165) is 19.5 Å². The molecule has 0 spiro atoms. The van der Waals surface area contributed by atoms with E-state index >= 15 is 0 Å². The normalized spacial score (nSPS) is 15.8. The molecule has 126 valence electrons. The quantitative estimate of drug-likeness (QED) is 0.763. The van der Waals surface area contributed by atoms with Crippen LogP contribution in [0.5, 0.6) is 0 Å². The monoisotopic (exact) mass is 364 g/mol. The molecule has 1 aliphatic rings. The van der Waals surface area contributed by atoms with Crippen LogP contribution in [-0.2, 0) is 20.9 Å². The lowest BCUT2D eigenvalue weighted by atomic mass is 10.2. The molecule has 8 heteroatoms. The molecule has 0 aliphatic carbocycles. The molecular weight excluding hydrogens is 348 g/mol. The second-order valence-electron chi connectivity index (χ2n) is 5.37. The lowest BCUT2D eigenvalue weighted by Crippen LogP contribution is -2.39. The van der Waals surface area contributed by atoms with Crippen molar-refractivity contribution in [2.45, 2.75) is 25.5 Å². The van der Waals surface area contributed by atoms with Gasteiger partial charge in [-0.3, -0.25) is 19.3 Å². The van der Waals surface area contributed by atoms with E-state index in [1.54, 1.807) is 0 Å². The average molecular weight is 364 g/mol. The number of hydrogen-bond acceptors (Lipinski definition) is 6. The van der Waals surface area contributed by atoms with Crippen LogP contribution in [-0.4, -0.2) is 34.3 Å². The highest BCUT2D eigenvalue weighted by molar-refractivity contribution is 7.12. The number of hydrogen-bond donors (Lipinski definition) is 2. The van der Waals surface area contributed by atoms with E-state index in [1.165, 1.54) is 22.7 Å². The van der Waals surface area contributed by atoms with Gasteiger partial charge in [-0.15, -0.1) is 22.7 Å². The van der Waals surface area contributed by atoms with Gasteiger partial charge in [-0.05, 0) is 23.6 Å². The fourth-order valence-corrected chi connectivity index (χ4v) is 4.17. The average Bonchev–Trinajstić information content (AvgIpc) is 3.30. The van der Waals surface area contributed by atoms with Gasteiger partial charge in [0.1, 0.15) is 12.6 Å². The molecule has 0 unspecified atom stereocenters. The Morgan fingerprint density at radius 2 is 1.96 bits per heavy atom. The molecule has 1 fully saturated rings. The Bertz CT molecular complexity index is 738. The van der Waals surface area contributed by atoms with Crippen molar-refractivity contribution in [3.05, 3.63) is 44.3 Å². The van der Waals surface area contributed by atoms with Gasteiger partial charge in [-0.1, -0.05) is 6.07 Å². The maximum Gasteiger partial charge on any atom is 0.240 e. The Balaban J connectivity index is 1.53. The Morgan fingerprint density at radius 1 is 1.21 bits per heavy atom. The van der Waals surface area contributed by atoms with Crippen LogP contribution in [0.1, 0.15) is 33.6 Å². The fourth-order valence-electron chi connectivity index (χ4n) is 2.41. The van der Waals surface area contributed by atoms with E-state index in [1.807, 2.05) is 29.6 Å². The number of aliphatic hydroxyl groups excluding tert-OH is 1. The number of thiophene rings is 2. The first-order chi connectivity index (χ1) is 11.5. The van der Waals surface area contributed by atoms with Gasteiger partial charge in [0.15, 0.2) is 0 Å². The van der Waals surface area contributed by atoms with Crippen molar-refractivity contribution in [2.24, 2.45) is 0 Å². The Labute approximate surface area is 146 Å². The number of aliphatic hydroxyl groups is 1. The van der Waals surface area contributed by atoms with Crippen LogP contribution < -0.4 is 5.32 Å². The maximum atomic E-state index is 11.9. The number of likely N-dealkylation sites (tertiary alicyclic amines) is 1. The SMILES string of the molecule is O=C(CN1C(=O)CCC1=O)NCc1ccc([C@@H](O)c2cccs2)s1. The lowest BCUT2D eigenvalue weighted by Gasteiger charge is -2.13. The van der Waals surface area contributed by atoms with Crippen molar-refractivity contribution in [3.63, 3.8) is 0 Å². The third-order valence-corrected chi connectivity index (χ3v) is 5.74. The zero-order valence-electron chi connectivity index (χ0n) is 12.7. The summed E-state index contributed by atoms with van der Waals surface area (Å²) in [7, 11) is 0. The van der Waals surface area contributed by atoms with E-state index in [2.05, 4.69) is 5.32 Å². The van der Waals surface area contributed by atoms with Crippen LogP contribution in [0, 0.1) is 0 Å². The van der Waals surface area contributed by atoms with Crippen molar-refractivity contribution < 1.29 is 19.5 Å². The molecule has 3 rings (SSSR count). The summed E-state index contributed by atoms with van der Waals surface area (Å²) in [4.78, 5) is 38.4. The smallest absolute Gasteiger partial charge is 0.240 e. The summed E-state index contributed by atoms with van der Waals surface area (Å²) in [5.41, 5.74) is 0. The van der Waals surface area contributed by atoms with E-state index in [-0.39, 0.29) is 37.1 Å². The molecule has 3 heterocycles. The predicted octanol–water partition coefficient (Wildman–Crippen LogP) is 1.66. The number of carbonyl (C=O) groups excluding carboxylic acids is 3. The molecule has 2 N–H and O–H groups in total. The number of nitrogens with zero attached hydrogens (tertiary/aromatic N) is 1. The minimum atomic E-state index is -0.653. The topological polar surface area (TPSA) is 86.7 Å². The Kier molecular flexibility index (Phi) is 5.08. The number of rotatable bonds is 6. The predicted molar refractivity (Wildman–Crippen MR) is 90.5 cm³/mol. The first kappa shape index (κ1) is 16.8. The minimum absolute atomic E-state index is 0.182. The van der Waals surface area contributed by atoms with Crippen molar-refractivity contribution in [1.29, 1.82) is 0 Å². The molecule has 1 saturated heterocycles. The van der Waals surface area contributed by atoms with Gasteiger partial charge in [0, 0.05) is 27.5 Å². The standard InChI is InChI=1S/C16H16N2O4S2/c19-13(9-18-14(20)5-6-15(18)21)17-8-10-3-4-12(24-10)16(22)11-2-1-7-23-11/h1-4,7,16,22H,5-6,8-9H2,(H,17,19)/t16-/m0/s1. The molecule has 24 heavy (non-hydrogen) atoms. The van der Waals surface area contributed by atoms with Gasteiger partial charge in [0.05, 0.1) is 6.54 Å². The van der Waals surface area contributed by atoms with Crippen molar-refractivity contribution in [1.82, 2.24) is 10.2 Å². The molecule has 2 aromatic heterocycles. The van der Waals surface area contributed by atoms with Crippen molar-refractivity contribution >= 4 is 40.4 Å². The summed E-state index contributed by atoms with van der Waals surface area (Å²) >= 11 is 2.91. The molecular formula is C16H16N2O4S2. The van der Waals surface area contributed by atoms with Gasteiger partial charge >= 0.3 is 0 Å². The largest absolute Gasteiger partial charge is 0.382 e. The highest BCUT2D eigenvalue weighted by Crippen LogP contribution is 2.30. The summed E-state index contributed by atoms with van der Waals surface area (Å²) in [5.74, 6) is -0.965. The molecule has 1 aliphatic heterocycles. The molecule has 0 aromatic carbocycles. The Morgan fingerprint density at radius 3 is 2.62 bits per heavy atom. The minimum Gasteiger partial charge on any atom is -0.382 e. The van der Waals surface area contributed by atoms with Crippen LogP contribution in [0.2, 0.25) is 0 Å². The van der Waals surface area contributed by atoms with Gasteiger partial charge in [-0.25, -0.2) is 0 Å². The summed E-state index contributed by atoms with van der Waals surface area (Å²) < 4.78 is 0. The fraction of sp³-hybridized carbons (Fsp3) is 0.312. The third-order valence-electron chi connectivity index (χ3n) is 3.68. The zero-order chi connectivity index (χ0) is 17.1. The van der Waals surface area contributed by atoms with Gasteiger partial charge in [0.25, 0.3) is 0 Å². The summed E-state index contributed by atoms with van der Waals surface area (Å²) in [6.45, 7) is 0.0740. The van der Waals surface area contributed by atoms with Crippen LogP contribution in [0.4, 0.5) is 0 Å². The highest BCUT2D eigenvalue weighted by atomic mass is 32.1. The van der Waals surface area contributed by atoms with Crippen LogP contribution in [0.25, 0.3) is 0 Å². The number of carbonyl (C=O) groups is 3. The molecule has 6 nitrogen and oxygen atoms in total. The highest BCUT2D eigenvalue weighted by Gasteiger charge is 2.30. The van der Waals surface area contributed by atoms with E-state index < -0.39 is 6.10 Å². The second kappa shape index (κ2) is 7.25. The molecule has 0 saturated carbocycles. The number of imide groups is 1. The van der Waals surface area contributed by atoms with Gasteiger partial charge in [-0.2, -0.15) is 0 Å². The molecule has 2 aromatic rings. The first-order valence-electron chi connectivity index (χ1n) is 7.44. The van der Waals surface area contributed by atoms with E-state index in [4.69, 9.17) is 0 Å². The first-order valence-corrected chi connectivity index (χ1v) is 9.14.